The summed E-state index contributed by atoms with van der Waals surface area (Å²) in [5, 5.41) is 43.7. The van der Waals surface area contributed by atoms with Crippen LogP contribution in [0, 0.1) is 5.41 Å². The van der Waals surface area contributed by atoms with Crippen molar-refractivity contribution in [1.82, 2.24) is 4.90 Å². The van der Waals surface area contributed by atoms with Crippen LogP contribution in [0.4, 0.5) is 4.79 Å². The molecule has 0 spiro atoms. The van der Waals surface area contributed by atoms with Crippen molar-refractivity contribution in [2.75, 3.05) is 20.2 Å². The molecule has 2 amide bonds. The van der Waals surface area contributed by atoms with Crippen molar-refractivity contribution in [3.8, 4) is 0 Å². The average molecular weight is 353 g/mol. The molecule has 0 aromatic rings. The zero-order valence-electron chi connectivity index (χ0n) is 12.9. The number of esters is 1. The summed E-state index contributed by atoms with van der Waals surface area (Å²) in [5.74, 6) is -1.37. The number of aldehydes is 1. The van der Waals surface area contributed by atoms with E-state index in [0.717, 1.165) is 4.90 Å². The topological polar surface area (TPSA) is 247 Å². The van der Waals surface area contributed by atoms with Crippen molar-refractivity contribution < 1.29 is 39.5 Å². The summed E-state index contributed by atoms with van der Waals surface area (Å²) in [7, 11) is 1.33. The molecule has 0 unspecified atom stereocenters. The lowest BCUT2D eigenvalue weighted by Crippen LogP contribution is -2.49. The number of carbonyl (C=O) groups excluding carboxylic acids is 3. The van der Waals surface area contributed by atoms with Crippen LogP contribution in [0.5, 0.6) is 0 Å². The van der Waals surface area contributed by atoms with Crippen molar-refractivity contribution in [1.29, 1.82) is 5.41 Å². The Hall–Kier alpha value is -2.48. The summed E-state index contributed by atoms with van der Waals surface area (Å²) >= 11 is 0. The molecule has 0 bridgehead atoms. The van der Waals surface area contributed by atoms with E-state index in [2.05, 4.69) is 16.2 Å². The Labute approximate surface area is 137 Å². The fraction of sp³-hybridized carbons (Fsp3) is 0.636. The lowest BCUT2D eigenvalue weighted by Gasteiger charge is -2.26. The van der Waals surface area contributed by atoms with Gasteiger partial charge in [-0.1, -0.05) is 0 Å². The number of rotatable bonds is 8. The van der Waals surface area contributed by atoms with E-state index in [9.17, 15) is 19.8 Å². The average Bonchev–Trinajstić information content (AvgIpc) is 2.49. The van der Waals surface area contributed by atoms with E-state index in [4.69, 9.17) is 26.2 Å². The highest BCUT2D eigenvalue weighted by Crippen LogP contribution is 2.07. The summed E-state index contributed by atoms with van der Waals surface area (Å²) in [5.41, 5.74) is 13.6. The van der Waals surface area contributed by atoms with E-state index < -0.39 is 55.5 Å². The predicted octanol–water partition coefficient (Wildman–Crippen LogP) is -4.98. The fourth-order valence-electron chi connectivity index (χ4n) is 1.18. The number of primary amides is 2. The number of urea groups is 1. The summed E-state index contributed by atoms with van der Waals surface area (Å²) < 4.78 is 4.59. The minimum Gasteiger partial charge on any atom is -0.450 e. The number of nitrogens with two attached hydrogens (primary N) is 3. The third kappa shape index (κ3) is 10.3. The number of amides is 2. The van der Waals surface area contributed by atoms with Crippen LogP contribution >= 0.6 is 0 Å². The fourth-order valence-corrected chi connectivity index (χ4v) is 1.18. The predicted molar refractivity (Wildman–Crippen MR) is 79.4 cm³/mol. The van der Waals surface area contributed by atoms with Gasteiger partial charge < -0.3 is 47.3 Å². The van der Waals surface area contributed by atoms with Crippen molar-refractivity contribution in [2.24, 2.45) is 17.2 Å². The Bertz CT molecular complexity index is 431. The van der Waals surface area contributed by atoms with Crippen molar-refractivity contribution in [3.05, 3.63) is 0 Å². The molecule has 0 saturated heterocycles. The summed E-state index contributed by atoms with van der Waals surface area (Å²) in [4.78, 5) is 32.2. The molecular weight excluding hydrogens is 330 g/mol. The Morgan fingerprint density at radius 1 is 1.21 bits per heavy atom. The quantitative estimate of drug-likeness (QED) is 0.0892. The maximum atomic E-state index is 11.4. The van der Waals surface area contributed by atoms with Crippen LogP contribution in [0.25, 0.3) is 0 Å². The maximum absolute atomic E-state index is 11.4. The number of likely N-dealkylation sites (N-methyl/N-ethyl adjacent to an activating group) is 1. The zero-order valence-corrected chi connectivity index (χ0v) is 12.9. The molecule has 0 aliphatic carbocycles. The van der Waals surface area contributed by atoms with Gasteiger partial charge in [0.25, 0.3) is 0 Å². The first kappa shape index (κ1) is 23.8. The Morgan fingerprint density at radius 3 is 2.00 bits per heavy atom. The highest BCUT2D eigenvalue weighted by atomic mass is 16.6. The number of aliphatic hydroxyl groups excluding tert-OH is 4. The van der Waals surface area contributed by atoms with Gasteiger partial charge in [-0.3, -0.25) is 15.0 Å². The van der Waals surface area contributed by atoms with Gasteiger partial charge in [0.15, 0.2) is 18.3 Å². The number of carbonyl (C=O) groups is 3. The number of guanidine groups is 1. The molecule has 0 fully saturated rings. The second-order valence-corrected chi connectivity index (χ2v) is 4.47. The van der Waals surface area contributed by atoms with E-state index in [1.807, 2.05) is 0 Å². The molecule has 0 aromatic carbocycles. The summed E-state index contributed by atoms with van der Waals surface area (Å²) in [6, 6.07) is -0.833. The van der Waals surface area contributed by atoms with Gasteiger partial charge in [0.2, 0.25) is 0 Å². The number of nitrogens with one attached hydrogen (secondary N) is 1. The molecular formula is C11H23N5O8. The van der Waals surface area contributed by atoms with Crippen LogP contribution in [0.3, 0.4) is 0 Å². The highest BCUT2D eigenvalue weighted by Gasteiger charge is 2.33. The molecule has 0 aliphatic heterocycles. The molecule has 0 aromatic heterocycles. The molecule has 13 nitrogen and oxygen atoms in total. The van der Waals surface area contributed by atoms with Crippen LogP contribution in [0.2, 0.25) is 0 Å². The molecule has 0 rings (SSSR count). The maximum Gasteiger partial charge on any atom is 0.326 e. The summed E-state index contributed by atoms with van der Waals surface area (Å²) in [6.45, 7) is -1.28. The Morgan fingerprint density at radius 2 is 1.67 bits per heavy atom. The lowest BCUT2D eigenvalue weighted by atomic mass is 10.0. The molecule has 0 heterocycles. The zero-order chi connectivity index (χ0) is 19.4. The van der Waals surface area contributed by atoms with E-state index in [1.165, 1.54) is 7.05 Å². The van der Waals surface area contributed by atoms with Crippen LogP contribution < -0.4 is 17.2 Å². The first-order valence-electron chi connectivity index (χ1n) is 6.37. The first-order valence-corrected chi connectivity index (χ1v) is 6.37. The number of nitrogens with zero attached hydrogens (tertiary/aromatic N) is 1. The van der Waals surface area contributed by atoms with Crippen LogP contribution in [0.1, 0.15) is 0 Å². The first-order chi connectivity index (χ1) is 11.0. The van der Waals surface area contributed by atoms with E-state index in [-0.39, 0.29) is 6.29 Å². The summed E-state index contributed by atoms with van der Waals surface area (Å²) in [6.07, 6.45) is -7.11. The van der Waals surface area contributed by atoms with Crippen LogP contribution in [-0.4, -0.2) is 94.2 Å². The second kappa shape index (κ2) is 12.0. The van der Waals surface area contributed by atoms with Crippen LogP contribution in [0.15, 0.2) is 0 Å². The van der Waals surface area contributed by atoms with Gasteiger partial charge in [0.1, 0.15) is 24.9 Å². The standard InChI is InChI=1S/C10H19N3O7.CH4N2O/c1-13(10(11)12)2-7(17)20-6(4-15)9(19)8(18)5(16)3-14;2-1(3)4/h4-6,8-9,14,16,18-19H,2-3H2,1H3,(H3,11,12);(H4,2,3,4)/t5-,6+,8-,9-;/m1./s1. The second-order valence-electron chi connectivity index (χ2n) is 4.47. The van der Waals surface area contributed by atoms with Gasteiger partial charge in [-0.25, -0.2) is 4.79 Å². The number of hydrogen-bond acceptors (Lipinski definition) is 9. The third-order valence-electron chi connectivity index (χ3n) is 2.45. The molecule has 13 heteroatoms. The van der Waals surface area contributed by atoms with Crippen molar-refractivity contribution in [2.45, 2.75) is 24.4 Å². The smallest absolute Gasteiger partial charge is 0.326 e. The molecule has 11 N–H and O–H groups in total. The molecule has 140 valence electrons. The normalized spacial score (nSPS) is 14.9. The molecule has 0 aliphatic rings. The van der Waals surface area contributed by atoms with Crippen LogP contribution in [-0.2, 0) is 14.3 Å². The van der Waals surface area contributed by atoms with Gasteiger partial charge in [-0.2, -0.15) is 0 Å². The monoisotopic (exact) mass is 353 g/mol. The van der Waals surface area contributed by atoms with Gasteiger partial charge in [0.05, 0.1) is 6.61 Å². The lowest BCUT2D eigenvalue weighted by molar-refractivity contribution is -0.168. The minimum absolute atomic E-state index is 0.0731. The SMILES string of the molecule is CN(CC(=O)O[C@@H](C=O)[C@@H](O)[C@H](O)[C@H](O)CO)C(=N)N.NC(N)=O. The van der Waals surface area contributed by atoms with Gasteiger partial charge in [0, 0.05) is 7.05 Å². The number of hydrogen-bond donors (Lipinski definition) is 8. The Balaban J connectivity index is 0. The number of ether oxygens (including phenoxy) is 1. The van der Waals surface area contributed by atoms with Crippen molar-refractivity contribution in [3.63, 3.8) is 0 Å². The largest absolute Gasteiger partial charge is 0.450 e. The third-order valence-corrected chi connectivity index (χ3v) is 2.45. The molecule has 24 heavy (non-hydrogen) atoms. The van der Waals surface area contributed by atoms with Crippen molar-refractivity contribution >= 4 is 24.2 Å². The van der Waals surface area contributed by atoms with E-state index in [1.54, 1.807) is 0 Å². The Kier molecular flexibility index (Phi) is 11.9. The number of aliphatic hydroxyl groups is 4. The van der Waals surface area contributed by atoms with Gasteiger partial charge >= 0.3 is 12.0 Å². The molecule has 0 saturated carbocycles. The van der Waals surface area contributed by atoms with Gasteiger partial charge in [-0.05, 0) is 0 Å². The molecule has 0 radical (unpaired) electrons. The minimum atomic E-state index is -1.90. The highest BCUT2D eigenvalue weighted by molar-refractivity contribution is 5.81. The van der Waals surface area contributed by atoms with E-state index in [0.29, 0.717) is 0 Å². The van der Waals surface area contributed by atoms with E-state index >= 15 is 0 Å². The molecule has 4 atom stereocenters. The van der Waals surface area contributed by atoms with Gasteiger partial charge in [-0.15, -0.1) is 0 Å².